The number of nitrogens with one attached hydrogen (secondary N) is 2. The normalized spacial score (nSPS) is 12.3. The Morgan fingerprint density at radius 3 is 2.57 bits per heavy atom. The SMILES string of the molecule is CCNC(=NCc1noc(C)n1)NCC(C)(C)c1ccccc1. The highest BCUT2D eigenvalue weighted by atomic mass is 16.5. The number of nitrogens with zero attached hydrogens (tertiary/aromatic N) is 3. The number of rotatable bonds is 6. The van der Waals surface area contributed by atoms with Crippen LogP contribution in [0.3, 0.4) is 0 Å². The van der Waals surface area contributed by atoms with Crippen LogP contribution in [0.15, 0.2) is 39.8 Å². The third-order valence-corrected chi connectivity index (χ3v) is 3.55. The van der Waals surface area contributed by atoms with E-state index in [-0.39, 0.29) is 5.41 Å². The first kappa shape index (κ1) is 17.0. The summed E-state index contributed by atoms with van der Waals surface area (Å²) in [5.41, 5.74) is 1.29. The highest BCUT2D eigenvalue weighted by Crippen LogP contribution is 2.21. The lowest BCUT2D eigenvalue weighted by Crippen LogP contribution is -2.43. The van der Waals surface area contributed by atoms with Crippen LogP contribution in [0.25, 0.3) is 0 Å². The summed E-state index contributed by atoms with van der Waals surface area (Å²) in [5.74, 6) is 1.89. The van der Waals surface area contributed by atoms with Gasteiger partial charge in [0.2, 0.25) is 5.89 Å². The molecular weight excluding hydrogens is 290 g/mol. The molecule has 0 unspecified atom stereocenters. The van der Waals surface area contributed by atoms with E-state index in [1.54, 1.807) is 6.92 Å². The largest absolute Gasteiger partial charge is 0.357 e. The van der Waals surface area contributed by atoms with Gasteiger partial charge in [0.15, 0.2) is 11.8 Å². The van der Waals surface area contributed by atoms with Crippen LogP contribution < -0.4 is 10.6 Å². The highest BCUT2D eigenvalue weighted by Gasteiger charge is 2.20. The van der Waals surface area contributed by atoms with E-state index in [4.69, 9.17) is 4.52 Å². The Kier molecular flexibility index (Phi) is 5.73. The second kappa shape index (κ2) is 7.76. The predicted molar refractivity (Wildman–Crippen MR) is 91.3 cm³/mol. The molecule has 6 heteroatoms. The molecule has 0 atom stereocenters. The molecule has 2 aromatic rings. The lowest BCUT2D eigenvalue weighted by atomic mass is 9.85. The molecular formula is C17H25N5O. The molecule has 23 heavy (non-hydrogen) atoms. The summed E-state index contributed by atoms with van der Waals surface area (Å²) in [6.07, 6.45) is 0. The summed E-state index contributed by atoms with van der Waals surface area (Å²) in [5, 5.41) is 10.5. The van der Waals surface area contributed by atoms with Gasteiger partial charge in [-0.2, -0.15) is 4.98 Å². The van der Waals surface area contributed by atoms with Crippen molar-refractivity contribution in [3.63, 3.8) is 0 Å². The maximum atomic E-state index is 4.96. The molecule has 0 amide bonds. The van der Waals surface area contributed by atoms with Gasteiger partial charge in [-0.1, -0.05) is 49.3 Å². The van der Waals surface area contributed by atoms with E-state index in [2.05, 4.69) is 63.9 Å². The zero-order valence-electron chi connectivity index (χ0n) is 14.3. The van der Waals surface area contributed by atoms with Crippen molar-refractivity contribution in [2.45, 2.75) is 39.7 Å². The second-order valence-corrected chi connectivity index (χ2v) is 6.03. The molecule has 0 saturated heterocycles. The van der Waals surface area contributed by atoms with E-state index in [1.807, 2.05) is 13.0 Å². The smallest absolute Gasteiger partial charge is 0.223 e. The van der Waals surface area contributed by atoms with E-state index < -0.39 is 0 Å². The van der Waals surface area contributed by atoms with Gasteiger partial charge in [-0.25, -0.2) is 4.99 Å². The number of guanidine groups is 1. The number of benzene rings is 1. The highest BCUT2D eigenvalue weighted by molar-refractivity contribution is 5.79. The van der Waals surface area contributed by atoms with Crippen LogP contribution in [0, 0.1) is 6.92 Å². The minimum absolute atomic E-state index is 0.000178. The first-order chi connectivity index (χ1) is 11.0. The van der Waals surface area contributed by atoms with Gasteiger partial charge < -0.3 is 15.2 Å². The molecule has 0 saturated carbocycles. The fraction of sp³-hybridized carbons (Fsp3) is 0.471. The van der Waals surface area contributed by atoms with Gasteiger partial charge >= 0.3 is 0 Å². The van der Waals surface area contributed by atoms with E-state index in [0.717, 1.165) is 19.0 Å². The van der Waals surface area contributed by atoms with Crippen LogP contribution in [0.1, 0.15) is 38.0 Å². The molecule has 124 valence electrons. The molecule has 0 aliphatic carbocycles. The van der Waals surface area contributed by atoms with E-state index in [9.17, 15) is 0 Å². The molecule has 2 rings (SSSR count). The number of aromatic nitrogens is 2. The molecule has 1 heterocycles. The van der Waals surface area contributed by atoms with E-state index in [1.165, 1.54) is 5.56 Å². The monoisotopic (exact) mass is 315 g/mol. The molecule has 1 aromatic heterocycles. The van der Waals surface area contributed by atoms with Crippen molar-refractivity contribution in [1.82, 2.24) is 20.8 Å². The Bertz CT molecular complexity index is 633. The summed E-state index contributed by atoms with van der Waals surface area (Å²) >= 11 is 0. The molecule has 0 aliphatic heterocycles. The van der Waals surface area contributed by atoms with Crippen LogP contribution in [0.4, 0.5) is 0 Å². The molecule has 0 fully saturated rings. The molecule has 2 N–H and O–H groups in total. The number of aliphatic imine (C=N–C) groups is 1. The van der Waals surface area contributed by atoms with Gasteiger partial charge in [-0.3, -0.25) is 0 Å². The van der Waals surface area contributed by atoms with Crippen molar-refractivity contribution in [3.8, 4) is 0 Å². The zero-order valence-corrected chi connectivity index (χ0v) is 14.3. The van der Waals surface area contributed by atoms with Crippen LogP contribution in [0.5, 0.6) is 0 Å². The Hall–Kier alpha value is -2.37. The Morgan fingerprint density at radius 2 is 1.96 bits per heavy atom. The van der Waals surface area contributed by atoms with Crippen molar-refractivity contribution in [2.24, 2.45) is 4.99 Å². The number of aryl methyl sites for hydroxylation is 1. The molecule has 6 nitrogen and oxygen atoms in total. The molecule has 1 aromatic carbocycles. The fourth-order valence-electron chi connectivity index (χ4n) is 2.19. The van der Waals surface area contributed by atoms with Crippen molar-refractivity contribution in [1.29, 1.82) is 0 Å². The lowest BCUT2D eigenvalue weighted by Gasteiger charge is -2.26. The average molecular weight is 315 g/mol. The third kappa shape index (κ3) is 5.09. The van der Waals surface area contributed by atoms with Crippen LogP contribution in [-0.2, 0) is 12.0 Å². The maximum absolute atomic E-state index is 4.96. The first-order valence-corrected chi connectivity index (χ1v) is 7.88. The van der Waals surface area contributed by atoms with Crippen molar-refractivity contribution < 1.29 is 4.52 Å². The van der Waals surface area contributed by atoms with Gasteiger partial charge in [-0.05, 0) is 12.5 Å². The van der Waals surface area contributed by atoms with Gasteiger partial charge in [0.1, 0.15) is 6.54 Å². The minimum Gasteiger partial charge on any atom is -0.357 e. The first-order valence-electron chi connectivity index (χ1n) is 7.88. The molecule has 0 aliphatic rings. The summed E-state index contributed by atoms with van der Waals surface area (Å²) in [6, 6.07) is 10.5. The predicted octanol–water partition coefficient (Wildman–Crippen LogP) is 2.41. The lowest BCUT2D eigenvalue weighted by molar-refractivity contribution is 0.387. The van der Waals surface area contributed by atoms with Crippen LogP contribution >= 0.6 is 0 Å². The molecule has 0 radical (unpaired) electrons. The Morgan fingerprint density at radius 1 is 1.22 bits per heavy atom. The Labute approximate surface area is 137 Å². The summed E-state index contributed by atoms with van der Waals surface area (Å²) < 4.78 is 4.96. The summed E-state index contributed by atoms with van der Waals surface area (Å²) in [4.78, 5) is 8.66. The Balaban J connectivity index is 1.98. The van der Waals surface area contributed by atoms with Gasteiger partial charge in [-0.15, -0.1) is 0 Å². The van der Waals surface area contributed by atoms with Crippen molar-refractivity contribution >= 4 is 5.96 Å². The zero-order chi connectivity index (χ0) is 16.7. The van der Waals surface area contributed by atoms with E-state index >= 15 is 0 Å². The molecule has 0 bridgehead atoms. The quantitative estimate of drug-likeness (QED) is 0.632. The van der Waals surface area contributed by atoms with Gasteiger partial charge in [0.25, 0.3) is 0 Å². The van der Waals surface area contributed by atoms with Crippen molar-refractivity contribution in [3.05, 3.63) is 47.6 Å². The average Bonchev–Trinajstić information content (AvgIpc) is 2.96. The van der Waals surface area contributed by atoms with Gasteiger partial charge in [0.05, 0.1) is 0 Å². The van der Waals surface area contributed by atoms with Crippen LogP contribution in [-0.4, -0.2) is 29.2 Å². The van der Waals surface area contributed by atoms with E-state index in [0.29, 0.717) is 18.3 Å². The number of hydrogen-bond acceptors (Lipinski definition) is 4. The fourth-order valence-corrected chi connectivity index (χ4v) is 2.19. The third-order valence-electron chi connectivity index (χ3n) is 3.55. The number of hydrogen-bond donors (Lipinski definition) is 2. The van der Waals surface area contributed by atoms with Crippen LogP contribution in [0.2, 0.25) is 0 Å². The summed E-state index contributed by atoms with van der Waals surface area (Å²) in [6.45, 7) is 10.2. The second-order valence-electron chi connectivity index (χ2n) is 6.03. The standard InChI is InChI=1S/C17H25N5O/c1-5-18-16(19-11-15-21-13(2)23-22-15)20-12-17(3,4)14-9-7-6-8-10-14/h6-10H,5,11-12H2,1-4H3,(H2,18,19,20). The molecule has 0 spiro atoms. The summed E-state index contributed by atoms with van der Waals surface area (Å²) in [7, 11) is 0. The van der Waals surface area contributed by atoms with Gasteiger partial charge in [0, 0.05) is 25.4 Å². The minimum atomic E-state index is 0.000178. The van der Waals surface area contributed by atoms with Crippen molar-refractivity contribution in [2.75, 3.05) is 13.1 Å². The topological polar surface area (TPSA) is 75.3 Å². The maximum Gasteiger partial charge on any atom is 0.223 e.